The Bertz CT molecular complexity index is 831. The minimum atomic E-state index is 0.400. The largest absolute Gasteiger partial charge is 0.359 e. The number of anilines is 1. The van der Waals surface area contributed by atoms with Gasteiger partial charge in [0.2, 0.25) is 0 Å². The molecule has 0 aliphatic carbocycles. The van der Waals surface area contributed by atoms with Gasteiger partial charge in [-0.1, -0.05) is 35.5 Å². The van der Waals surface area contributed by atoms with Crippen LogP contribution < -0.4 is 10.2 Å². The Morgan fingerprint density at radius 3 is 2.85 bits per heavy atom. The summed E-state index contributed by atoms with van der Waals surface area (Å²) in [6.45, 7) is 4.59. The molecule has 6 heteroatoms. The number of aryl methyl sites for hydroxylation is 1. The highest BCUT2D eigenvalue weighted by Crippen LogP contribution is 2.20. The van der Waals surface area contributed by atoms with E-state index in [0.717, 1.165) is 54.5 Å². The smallest absolute Gasteiger partial charge is 0.151 e. The molecule has 3 aromatic rings. The van der Waals surface area contributed by atoms with E-state index in [9.17, 15) is 0 Å². The minimum absolute atomic E-state index is 0.400. The van der Waals surface area contributed by atoms with E-state index in [2.05, 4.69) is 25.6 Å². The fraction of sp³-hybridized carbons (Fsp3) is 0.350. The van der Waals surface area contributed by atoms with Crippen molar-refractivity contribution in [1.29, 1.82) is 0 Å². The predicted octanol–water partition coefficient (Wildman–Crippen LogP) is 3.20. The Balaban J connectivity index is 1.34. The van der Waals surface area contributed by atoms with Crippen molar-refractivity contribution >= 4 is 5.82 Å². The van der Waals surface area contributed by atoms with Gasteiger partial charge in [0, 0.05) is 30.8 Å². The molecule has 0 bridgehead atoms. The second-order valence-electron chi connectivity index (χ2n) is 6.74. The molecule has 0 saturated carbocycles. The predicted molar refractivity (Wildman–Crippen MR) is 101 cm³/mol. The molecular formula is C20H23N5O. The van der Waals surface area contributed by atoms with E-state index in [4.69, 9.17) is 4.52 Å². The molecule has 1 atom stereocenters. The Labute approximate surface area is 153 Å². The van der Waals surface area contributed by atoms with Gasteiger partial charge >= 0.3 is 0 Å². The Morgan fingerprint density at radius 2 is 2.04 bits per heavy atom. The summed E-state index contributed by atoms with van der Waals surface area (Å²) < 4.78 is 5.49. The molecular weight excluding hydrogens is 326 g/mol. The summed E-state index contributed by atoms with van der Waals surface area (Å²) in [5.74, 6) is 1.81. The molecule has 4 rings (SSSR count). The molecule has 1 aliphatic rings. The molecule has 1 aliphatic heterocycles. The number of benzene rings is 1. The normalized spacial score (nSPS) is 17.4. The van der Waals surface area contributed by atoms with Gasteiger partial charge in [-0.15, -0.1) is 5.10 Å². The lowest BCUT2D eigenvalue weighted by Gasteiger charge is -2.33. The fourth-order valence-electron chi connectivity index (χ4n) is 3.30. The van der Waals surface area contributed by atoms with Crippen molar-refractivity contribution in [2.75, 3.05) is 18.0 Å². The van der Waals surface area contributed by atoms with Crippen molar-refractivity contribution < 1.29 is 4.52 Å². The number of nitrogens with zero attached hydrogens (tertiary/aromatic N) is 4. The molecule has 1 aromatic carbocycles. The standard InChI is InChI=1S/C20H23N5O/c1-15-9-10-20(23-22-15)25-11-5-8-17(14-25)21-13-18-12-19(24-26-18)16-6-3-2-4-7-16/h2-4,6-7,9-10,12,17,21H,5,8,11,13-14H2,1H3/t17-/m0/s1. The van der Waals surface area contributed by atoms with Gasteiger partial charge in [0.25, 0.3) is 0 Å². The van der Waals surface area contributed by atoms with Crippen LogP contribution in [0.1, 0.15) is 24.3 Å². The van der Waals surface area contributed by atoms with E-state index in [1.54, 1.807) is 0 Å². The molecule has 134 valence electrons. The van der Waals surface area contributed by atoms with Crippen LogP contribution in [0.25, 0.3) is 11.3 Å². The van der Waals surface area contributed by atoms with E-state index in [0.29, 0.717) is 12.6 Å². The van der Waals surface area contributed by atoms with Crippen LogP contribution in [-0.4, -0.2) is 34.5 Å². The highest BCUT2D eigenvalue weighted by atomic mass is 16.5. The molecule has 3 heterocycles. The second kappa shape index (κ2) is 7.66. The van der Waals surface area contributed by atoms with Crippen LogP contribution in [0, 0.1) is 6.92 Å². The van der Waals surface area contributed by atoms with Crippen LogP contribution in [0.4, 0.5) is 5.82 Å². The number of rotatable bonds is 5. The van der Waals surface area contributed by atoms with Gasteiger partial charge < -0.3 is 14.7 Å². The number of aromatic nitrogens is 3. The number of nitrogens with one attached hydrogen (secondary N) is 1. The van der Waals surface area contributed by atoms with Crippen LogP contribution >= 0.6 is 0 Å². The number of piperidine rings is 1. The number of hydrogen-bond donors (Lipinski definition) is 1. The van der Waals surface area contributed by atoms with Crippen molar-refractivity contribution in [1.82, 2.24) is 20.7 Å². The summed E-state index contributed by atoms with van der Waals surface area (Å²) in [6.07, 6.45) is 2.29. The van der Waals surface area contributed by atoms with Gasteiger partial charge in [0.1, 0.15) is 5.69 Å². The zero-order valence-electron chi connectivity index (χ0n) is 14.9. The fourth-order valence-corrected chi connectivity index (χ4v) is 3.30. The van der Waals surface area contributed by atoms with Crippen LogP contribution in [0.3, 0.4) is 0 Å². The SMILES string of the molecule is Cc1ccc(N2CCC[C@H](NCc3cc(-c4ccccc4)no3)C2)nn1. The molecule has 0 amide bonds. The molecule has 2 aromatic heterocycles. The topological polar surface area (TPSA) is 67.1 Å². The third kappa shape index (κ3) is 3.91. The highest BCUT2D eigenvalue weighted by molar-refractivity contribution is 5.58. The lowest BCUT2D eigenvalue weighted by atomic mass is 10.1. The lowest BCUT2D eigenvalue weighted by molar-refractivity contribution is 0.350. The van der Waals surface area contributed by atoms with E-state index in [1.165, 1.54) is 0 Å². The summed E-state index contributed by atoms with van der Waals surface area (Å²) in [5, 5.41) is 16.2. The van der Waals surface area contributed by atoms with Crippen molar-refractivity contribution in [3.63, 3.8) is 0 Å². The summed E-state index contributed by atoms with van der Waals surface area (Å²) in [6, 6.07) is 16.6. The Hall–Kier alpha value is -2.73. The van der Waals surface area contributed by atoms with Gasteiger partial charge in [-0.3, -0.25) is 0 Å². The molecule has 1 saturated heterocycles. The molecule has 0 spiro atoms. The highest BCUT2D eigenvalue weighted by Gasteiger charge is 2.21. The summed E-state index contributed by atoms with van der Waals surface area (Å²) in [5.41, 5.74) is 2.90. The summed E-state index contributed by atoms with van der Waals surface area (Å²) in [4.78, 5) is 2.30. The van der Waals surface area contributed by atoms with Gasteiger partial charge in [-0.05, 0) is 31.9 Å². The quantitative estimate of drug-likeness (QED) is 0.763. The van der Waals surface area contributed by atoms with E-state index in [1.807, 2.05) is 55.5 Å². The van der Waals surface area contributed by atoms with E-state index in [-0.39, 0.29) is 0 Å². The Kier molecular flexibility index (Phi) is 4.93. The van der Waals surface area contributed by atoms with Crippen molar-refractivity contribution in [3.8, 4) is 11.3 Å². The van der Waals surface area contributed by atoms with Crippen LogP contribution in [0.2, 0.25) is 0 Å². The van der Waals surface area contributed by atoms with Crippen LogP contribution in [0.5, 0.6) is 0 Å². The molecule has 1 N–H and O–H groups in total. The molecule has 0 radical (unpaired) electrons. The molecule has 26 heavy (non-hydrogen) atoms. The first-order chi connectivity index (χ1) is 12.8. The first-order valence-electron chi connectivity index (χ1n) is 9.07. The molecule has 6 nitrogen and oxygen atoms in total. The first kappa shape index (κ1) is 16.7. The summed E-state index contributed by atoms with van der Waals surface area (Å²) in [7, 11) is 0. The third-order valence-corrected chi connectivity index (χ3v) is 4.72. The maximum atomic E-state index is 5.49. The first-order valence-corrected chi connectivity index (χ1v) is 9.07. The van der Waals surface area contributed by atoms with E-state index < -0.39 is 0 Å². The summed E-state index contributed by atoms with van der Waals surface area (Å²) >= 11 is 0. The van der Waals surface area contributed by atoms with Crippen molar-refractivity contribution in [2.24, 2.45) is 0 Å². The Morgan fingerprint density at radius 1 is 1.15 bits per heavy atom. The van der Waals surface area contributed by atoms with E-state index >= 15 is 0 Å². The average Bonchev–Trinajstić information content (AvgIpc) is 3.17. The maximum absolute atomic E-state index is 5.49. The van der Waals surface area contributed by atoms with Gasteiger partial charge in [-0.2, -0.15) is 5.10 Å². The van der Waals surface area contributed by atoms with Crippen molar-refractivity contribution in [2.45, 2.75) is 32.4 Å². The average molecular weight is 349 g/mol. The lowest BCUT2D eigenvalue weighted by Crippen LogP contribution is -2.45. The third-order valence-electron chi connectivity index (χ3n) is 4.72. The minimum Gasteiger partial charge on any atom is -0.359 e. The number of hydrogen-bond acceptors (Lipinski definition) is 6. The zero-order chi connectivity index (χ0) is 17.8. The maximum Gasteiger partial charge on any atom is 0.151 e. The zero-order valence-corrected chi connectivity index (χ0v) is 14.9. The van der Waals surface area contributed by atoms with Gasteiger partial charge in [0.05, 0.1) is 12.2 Å². The molecule has 1 fully saturated rings. The second-order valence-corrected chi connectivity index (χ2v) is 6.74. The van der Waals surface area contributed by atoms with Gasteiger partial charge in [0.15, 0.2) is 11.6 Å². The van der Waals surface area contributed by atoms with Gasteiger partial charge in [-0.25, -0.2) is 0 Å². The van der Waals surface area contributed by atoms with Crippen LogP contribution in [-0.2, 0) is 6.54 Å². The van der Waals surface area contributed by atoms with Crippen molar-refractivity contribution in [3.05, 3.63) is 60.0 Å². The monoisotopic (exact) mass is 349 g/mol. The molecule has 0 unspecified atom stereocenters. The van der Waals surface area contributed by atoms with Crippen LogP contribution in [0.15, 0.2) is 53.1 Å².